The molecule has 0 aromatic rings. The molecule has 0 spiro atoms. The van der Waals surface area contributed by atoms with Gasteiger partial charge in [-0.25, -0.2) is 0 Å². The first-order valence-corrected chi connectivity index (χ1v) is 8.54. The highest BCUT2D eigenvalue weighted by Gasteiger charge is 2.44. The van der Waals surface area contributed by atoms with Crippen LogP contribution in [0.4, 0.5) is 0 Å². The number of thioether (sulfide) groups is 1. The molecule has 0 aromatic carbocycles. The van der Waals surface area contributed by atoms with Crippen molar-refractivity contribution in [2.75, 3.05) is 20.7 Å². The lowest BCUT2D eigenvalue weighted by Crippen LogP contribution is -2.53. The number of amidine groups is 1. The van der Waals surface area contributed by atoms with Crippen LogP contribution in [0.2, 0.25) is 0 Å². The molecule has 10 heteroatoms. The van der Waals surface area contributed by atoms with Gasteiger partial charge in [0.05, 0.1) is 0 Å². The first-order valence-electron chi connectivity index (χ1n) is 7.66. The zero-order valence-corrected chi connectivity index (χ0v) is 15.8. The highest BCUT2D eigenvalue weighted by atomic mass is 32.2. The molecule has 0 aliphatic carbocycles. The highest BCUT2D eigenvalue weighted by Crippen LogP contribution is 2.32. The Balaban J connectivity index is 2.97. The highest BCUT2D eigenvalue weighted by molar-refractivity contribution is 8.14. The number of hydrogen-bond acceptors (Lipinski definition) is 9. The van der Waals surface area contributed by atoms with Gasteiger partial charge in [-0.1, -0.05) is 11.8 Å². The Morgan fingerprint density at radius 1 is 1.12 bits per heavy atom. The number of rotatable bonds is 5. The van der Waals surface area contributed by atoms with Crippen molar-refractivity contribution in [3.05, 3.63) is 0 Å². The molecule has 142 valence electrons. The molecule has 1 aliphatic rings. The van der Waals surface area contributed by atoms with Crippen LogP contribution in [-0.2, 0) is 33.3 Å². The lowest BCUT2D eigenvalue weighted by atomic mass is 10.0. The molecular weight excluding hydrogens is 352 g/mol. The summed E-state index contributed by atoms with van der Waals surface area (Å²) in [5.41, 5.74) is -0.522. The predicted molar refractivity (Wildman–Crippen MR) is 90.0 cm³/mol. The number of esters is 3. The van der Waals surface area contributed by atoms with Crippen molar-refractivity contribution >= 4 is 34.8 Å². The van der Waals surface area contributed by atoms with E-state index in [1.54, 1.807) is 19.0 Å². The Morgan fingerprint density at radius 3 is 2.20 bits per heavy atom. The van der Waals surface area contributed by atoms with Crippen LogP contribution in [0, 0.1) is 5.41 Å². The van der Waals surface area contributed by atoms with Gasteiger partial charge in [-0.2, -0.15) is 0 Å². The Kier molecular flexibility index (Phi) is 8.17. The number of nitrogens with zero attached hydrogens (tertiary/aromatic N) is 1. The first kappa shape index (κ1) is 21.2. The number of carbonyl (C=O) groups is 3. The molecule has 9 nitrogen and oxygen atoms in total. The summed E-state index contributed by atoms with van der Waals surface area (Å²) in [5, 5.41) is 8.17. The van der Waals surface area contributed by atoms with Crippen LogP contribution in [0.25, 0.3) is 0 Å². The monoisotopic (exact) mass is 376 g/mol. The Labute approximate surface area is 150 Å². The number of ether oxygens (including phenoxy) is 4. The molecule has 1 heterocycles. The first-order chi connectivity index (χ1) is 11.6. The third kappa shape index (κ3) is 7.30. The SMILES string of the molecule is CC(=O)OCC1OC(SC(=N)N(C)C)CC(OC(C)=O)C1OC(C)=O. The third-order valence-corrected chi connectivity index (χ3v) is 4.36. The number of nitrogens with one attached hydrogen (secondary N) is 1. The van der Waals surface area contributed by atoms with E-state index in [4.69, 9.17) is 24.4 Å². The zero-order chi connectivity index (χ0) is 19.1. The molecule has 0 amide bonds. The average Bonchev–Trinajstić information content (AvgIpc) is 2.46. The summed E-state index contributed by atoms with van der Waals surface area (Å²) in [5.74, 6) is -1.60. The number of carbonyl (C=O) groups excluding carboxylic acids is 3. The van der Waals surface area contributed by atoms with E-state index < -0.39 is 41.7 Å². The summed E-state index contributed by atoms with van der Waals surface area (Å²) in [4.78, 5) is 35.5. The van der Waals surface area contributed by atoms with Gasteiger partial charge in [0.25, 0.3) is 0 Å². The second-order valence-electron chi connectivity index (χ2n) is 5.68. The zero-order valence-electron chi connectivity index (χ0n) is 14.9. The van der Waals surface area contributed by atoms with E-state index in [2.05, 4.69) is 0 Å². The predicted octanol–water partition coefficient (Wildman–Crippen LogP) is 0.757. The van der Waals surface area contributed by atoms with Gasteiger partial charge in [-0.05, 0) is 0 Å². The largest absolute Gasteiger partial charge is 0.463 e. The minimum atomic E-state index is -0.897. The minimum absolute atomic E-state index is 0.155. The van der Waals surface area contributed by atoms with Crippen LogP contribution in [0.15, 0.2) is 0 Å². The van der Waals surface area contributed by atoms with Crippen LogP contribution >= 0.6 is 11.8 Å². The topological polar surface area (TPSA) is 115 Å². The van der Waals surface area contributed by atoms with Gasteiger partial charge in [0.15, 0.2) is 11.3 Å². The van der Waals surface area contributed by atoms with Crippen LogP contribution < -0.4 is 0 Å². The summed E-state index contributed by atoms with van der Waals surface area (Å²) in [6.45, 7) is 3.58. The number of hydrogen-bond donors (Lipinski definition) is 1. The fraction of sp³-hybridized carbons (Fsp3) is 0.733. The van der Waals surface area contributed by atoms with Gasteiger partial charge in [-0.15, -0.1) is 0 Å². The van der Waals surface area contributed by atoms with E-state index in [9.17, 15) is 14.4 Å². The fourth-order valence-electron chi connectivity index (χ4n) is 2.20. The van der Waals surface area contributed by atoms with Crippen molar-refractivity contribution in [3.8, 4) is 0 Å². The molecule has 4 atom stereocenters. The van der Waals surface area contributed by atoms with E-state index in [-0.39, 0.29) is 18.2 Å². The fourth-order valence-corrected chi connectivity index (χ4v) is 3.15. The molecule has 0 aromatic heterocycles. The van der Waals surface area contributed by atoms with Crippen molar-refractivity contribution < 1.29 is 33.3 Å². The lowest BCUT2D eigenvalue weighted by molar-refractivity contribution is -0.204. The van der Waals surface area contributed by atoms with Gasteiger partial charge in [0.1, 0.15) is 24.3 Å². The van der Waals surface area contributed by atoms with Crippen LogP contribution in [0.1, 0.15) is 27.2 Å². The van der Waals surface area contributed by atoms with Crippen molar-refractivity contribution in [2.24, 2.45) is 0 Å². The van der Waals surface area contributed by atoms with E-state index in [0.29, 0.717) is 0 Å². The van der Waals surface area contributed by atoms with Crippen molar-refractivity contribution in [1.82, 2.24) is 4.90 Å². The molecule has 0 radical (unpaired) electrons. The smallest absolute Gasteiger partial charge is 0.303 e. The summed E-state index contributed by atoms with van der Waals surface area (Å²) < 4.78 is 21.3. The second-order valence-corrected chi connectivity index (χ2v) is 6.83. The van der Waals surface area contributed by atoms with Crippen LogP contribution in [0.5, 0.6) is 0 Å². The molecule has 0 saturated carbocycles. The molecule has 0 bridgehead atoms. The Morgan fingerprint density at radius 2 is 1.72 bits per heavy atom. The second kappa shape index (κ2) is 9.62. The lowest BCUT2D eigenvalue weighted by Gasteiger charge is -2.40. The van der Waals surface area contributed by atoms with Crippen LogP contribution in [-0.4, -0.2) is 72.4 Å². The van der Waals surface area contributed by atoms with Gasteiger partial charge in [0.2, 0.25) is 0 Å². The van der Waals surface area contributed by atoms with Crippen molar-refractivity contribution in [2.45, 2.75) is 50.9 Å². The average molecular weight is 376 g/mol. The van der Waals surface area contributed by atoms with Gasteiger partial charge in [-0.3, -0.25) is 19.8 Å². The maximum Gasteiger partial charge on any atom is 0.303 e. The van der Waals surface area contributed by atoms with E-state index in [0.717, 1.165) is 11.8 Å². The van der Waals surface area contributed by atoms with Crippen LogP contribution in [0.3, 0.4) is 0 Å². The maximum atomic E-state index is 11.4. The molecule has 1 fully saturated rings. The molecular formula is C15H24N2O7S. The normalized spacial score (nSPS) is 25.6. The molecule has 1 saturated heterocycles. The summed E-state index contributed by atoms with van der Waals surface area (Å²) in [6, 6.07) is 0. The maximum absolute atomic E-state index is 11.4. The molecule has 25 heavy (non-hydrogen) atoms. The third-order valence-electron chi connectivity index (χ3n) is 3.20. The van der Waals surface area contributed by atoms with E-state index in [1.807, 2.05) is 0 Å². The Bertz CT molecular complexity index is 526. The summed E-state index contributed by atoms with van der Waals surface area (Å²) >= 11 is 1.13. The molecule has 1 aliphatic heterocycles. The van der Waals surface area contributed by atoms with E-state index >= 15 is 0 Å². The van der Waals surface area contributed by atoms with Crippen molar-refractivity contribution in [3.63, 3.8) is 0 Å². The van der Waals surface area contributed by atoms with Gasteiger partial charge >= 0.3 is 17.9 Å². The van der Waals surface area contributed by atoms with E-state index in [1.165, 1.54) is 20.8 Å². The van der Waals surface area contributed by atoms with Gasteiger partial charge < -0.3 is 23.8 Å². The standard InChI is InChI=1S/C15H24N2O7S/c1-8(18)21-7-12-14(23-10(3)20)11(22-9(2)19)6-13(24-12)25-15(16)17(4)5/h11-14,16H,6-7H2,1-5H3. The van der Waals surface area contributed by atoms with Crippen molar-refractivity contribution in [1.29, 1.82) is 5.41 Å². The summed E-state index contributed by atoms with van der Waals surface area (Å²) in [7, 11) is 3.44. The molecule has 1 N–H and O–H groups in total. The quantitative estimate of drug-likeness (QED) is 0.321. The molecule has 1 rings (SSSR count). The minimum Gasteiger partial charge on any atom is -0.463 e. The Hall–Kier alpha value is -1.81. The van der Waals surface area contributed by atoms with Gasteiger partial charge in [0, 0.05) is 41.3 Å². The molecule has 4 unspecified atom stereocenters. The summed E-state index contributed by atoms with van der Waals surface area (Å²) in [6.07, 6.45) is -2.23.